The molecule has 0 unspecified atom stereocenters. The predicted octanol–water partition coefficient (Wildman–Crippen LogP) is 4.22. The zero-order valence-corrected chi connectivity index (χ0v) is 18.4. The third-order valence-corrected chi connectivity index (χ3v) is 4.81. The van der Waals surface area contributed by atoms with E-state index in [9.17, 15) is 24.5 Å². The first-order valence-corrected chi connectivity index (χ1v) is 10.1. The van der Waals surface area contributed by atoms with E-state index in [0.29, 0.717) is 28.1 Å². The van der Waals surface area contributed by atoms with E-state index in [0.717, 1.165) is 0 Å². The second-order valence-corrected chi connectivity index (χ2v) is 7.18. The molecule has 0 atom stereocenters. The summed E-state index contributed by atoms with van der Waals surface area (Å²) < 4.78 is 5.09. The number of nitrogens with zero attached hydrogens (tertiary/aromatic N) is 1. The lowest BCUT2D eigenvalue weighted by Gasteiger charge is -2.12. The Labute approximate surface area is 195 Å². The number of carbonyl (C=O) groups excluding carboxylic acids is 3. The van der Waals surface area contributed by atoms with E-state index >= 15 is 0 Å². The van der Waals surface area contributed by atoms with Gasteiger partial charge in [0.25, 0.3) is 17.5 Å². The number of carbonyl (C=O) groups is 3. The van der Waals surface area contributed by atoms with Crippen LogP contribution >= 0.6 is 0 Å². The average Bonchev–Trinajstić information content (AvgIpc) is 2.84. The third-order valence-electron chi connectivity index (χ3n) is 4.81. The molecule has 0 saturated heterocycles. The highest BCUT2D eigenvalue weighted by Gasteiger charge is 2.16. The highest BCUT2D eigenvalue weighted by molar-refractivity contribution is 6.10. The molecule has 0 aliphatic carbocycles. The van der Waals surface area contributed by atoms with Crippen molar-refractivity contribution in [3.8, 4) is 5.75 Å². The van der Waals surface area contributed by atoms with Crippen molar-refractivity contribution in [2.75, 3.05) is 12.4 Å². The summed E-state index contributed by atoms with van der Waals surface area (Å²) in [4.78, 5) is 47.6. The normalized spacial score (nSPS) is 10.8. The number of ketones is 1. The van der Waals surface area contributed by atoms with E-state index in [1.807, 2.05) is 0 Å². The van der Waals surface area contributed by atoms with Crippen molar-refractivity contribution in [2.45, 2.75) is 6.92 Å². The summed E-state index contributed by atoms with van der Waals surface area (Å²) in [6.07, 6.45) is 1.41. The molecule has 0 heterocycles. The third kappa shape index (κ3) is 6.13. The summed E-state index contributed by atoms with van der Waals surface area (Å²) in [6, 6.07) is 18.2. The molecule has 3 aromatic carbocycles. The Morgan fingerprint density at radius 3 is 2.00 bits per heavy atom. The minimum absolute atomic E-state index is 0.0784. The van der Waals surface area contributed by atoms with Crippen LogP contribution in [0.4, 0.5) is 11.4 Å². The van der Waals surface area contributed by atoms with E-state index in [1.54, 1.807) is 48.5 Å². The number of Topliss-reactive ketones (excluding diaryl/α,β-unsaturated/α-hetero) is 1. The van der Waals surface area contributed by atoms with Crippen LogP contribution in [0.15, 0.2) is 78.5 Å². The molecule has 0 aliphatic rings. The Kier molecular flexibility index (Phi) is 7.50. The number of nitro benzene ring substituents is 1. The SMILES string of the molecule is COc1ccc(C(=O)N/C(=C/c2ccc([N+](=O)[O-])cc2)C(=O)Nc2ccc(C(C)=O)cc2)cc1. The molecule has 2 amide bonds. The maximum Gasteiger partial charge on any atom is 0.272 e. The Balaban J connectivity index is 1.87. The molecule has 2 N–H and O–H groups in total. The Morgan fingerprint density at radius 2 is 1.47 bits per heavy atom. The number of nitro groups is 1. The lowest BCUT2D eigenvalue weighted by atomic mass is 10.1. The van der Waals surface area contributed by atoms with Crippen molar-refractivity contribution in [2.24, 2.45) is 0 Å². The number of hydrogen-bond donors (Lipinski definition) is 2. The van der Waals surface area contributed by atoms with Crippen molar-refractivity contribution < 1.29 is 24.0 Å². The van der Waals surface area contributed by atoms with Crippen LogP contribution in [-0.4, -0.2) is 29.6 Å². The summed E-state index contributed by atoms with van der Waals surface area (Å²) in [5, 5.41) is 16.2. The highest BCUT2D eigenvalue weighted by atomic mass is 16.6. The van der Waals surface area contributed by atoms with Gasteiger partial charge in [0.05, 0.1) is 12.0 Å². The molecule has 0 fully saturated rings. The van der Waals surface area contributed by atoms with Gasteiger partial charge in [-0.1, -0.05) is 0 Å². The van der Waals surface area contributed by atoms with Crippen LogP contribution < -0.4 is 15.4 Å². The van der Waals surface area contributed by atoms with Crippen molar-refractivity contribution in [3.05, 3.63) is 105 Å². The maximum absolute atomic E-state index is 13.0. The molecule has 0 aromatic heterocycles. The Hall–Kier alpha value is -4.79. The predicted molar refractivity (Wildman–Crippen MR) is 127 cm³/mol. The Morgan fingerprint density at radius 1 is 0.882 bits per heavy atom. The van der Waals surface area contributed by atoms with Crippen LogP contribution in [0.5, 0.6) is 5.75 Å². The number of anilines is 1. The van der Waals surface area contributed by atoms with Gasteiger partial charge in [-0.2, -0.15) is 0 Å². The van der Waals surface area contributed by atoms with E-state index in [2.05, 4.69) is 10.6 Å². The minimum atomic E-state index is -0.615. The number of non-ortho nitro benzene ring substituents is 1. The van der Waals surface area contributed by atoms with E-state index < -0.39 is 16.7 Å². The topological polar surface area (TPSA) is 128 Å². The van der Waals surface area contributed by atoms with Crippen LogP contribution in [0.2, 0.25) is 0 Å². The number of methoxy groups -OCH3 is 1. The molecule has 0 radical (unpaired) electrons. The van der Waals surface area contributed by atoms with E-state index in [-0.39, 0.29) is 17.2 Å². The lowest BCUT2D eigenvalue weighted by Crippen LogP contribution is -2.30. The summed E-state index contributed by atoms with van der Waals surface area (Å²) in [5.41, 5.74) is 1.50. The number of nitrogens with one attached hydrogen (secondary N) is 2. The van der Waals surface area contributed by atoms with Crippen molar-refractivity contribution >= 4 is 35.0 Å². The second kappa shape index (κ2) is 10.7. The molecule has 34 heavy (non-hydrogen) atoms. The molecule has 3 rings (SSSR count). The average molecular weight is 459 g/mol. The van der Waals surface area contributed by atoms with Gasteiger partial charge in [0, 0.05) is 28.9 Å². The largest absolute Gasteiger partial charge is 0.497 e. The molecule has 0 bridgehead atoms. The monoisotopic (exact) mass is 459 g/mol. The molecule has 0 saturated carbocycles. The first kappa shape index (κ1) is 23.9. The van der Waals surface area contributed by atoms with E-state index in [4.69, 9.17) is 4.74 Å². The summed E-state index contributed by atoms with van der Waals surface area (Å²) in [7, 11) is 1.51. The summed E-state index contributed by atoms with van der Waals surface area (Å²) in [6.45, 7) is 1.44. The first-order chi connectivity index (χ1) is 16.3. The summed E-state index contributed by atoms with van der Waals surface area (Å²) in [5.74, 6) is -0.679. The van der Waals surface area contributed by atoms with Crippen molar-refractivity contribution in [1.29, 1.82) is 0 Å². The lowest BCUT2D eigenvalue weighted by molar-refractivity contribution is -0.384. The minimum Gasteiger partial charge on any atom is -0.497 e. The van der Waals surface area contributed by atoms with Crippen LogP contribution in [0.3, 0.4) is 0 Å². The molecule has 9 heteroatoms. The first-order valence-electron chi connectivity index (χ1n) is 10.1. The number of amides is 2. The van der Waals surface area contributed by atoms with Gasteiger partial charge in [0.2, 0.25) is 0 Å². The molecule has 172 valence electrons. The fraction of sp³-hybridized carbons (Fsp3) is 0.0800. The van der Waals surface area contributed by atoms with Gasteiger partial charge in [-0.25, -0.2) is 0 Å². The fourth-order valence-corrected chi connectivity index (χ4v) is 2.94. The molecular formula is C25H21N3O6. The number of ether oxygens (including phenoxy) is 1. The highest BCUT2D eigenvalue weighted by Crippen LogP contribution is 2.17. The van der Waals surface area contributed by atoms with Gasteiger partial charge < -0.3 is 15.4 Å². The van der Waals surface area contributed by atoms with Gasteiger partial charge in [0.15, 0.2) is 5.78 Å². The maximum atomic E-state index is 13.0. The Bertz CT molecular complexity index is 1250. The van der Waals surface area contributed by atoms with Crippen LogP contribution in [-0.2, 0) is 4.79 Å². The van der Waals surface area contributed by atoms with Crippen molar-refractivity contribution in [3.63, 3.8) is 0 Å². The zero-order valence-electron chi connectivity index (χ0n) is 18.4. The zero-order chi connectivity index (χ0) is 24.7. The fourth-order valence-electron chi connectivity index (χ4n) is 2.94. The second-order valence-electron chi connectivity index (χ2n) is 7.18. The molecular weight excluding hydrogens is 438 g/mol. The number of rotatable bonds is 8. The van der Waals surface area contributed by atoms with Gasteiger partial charge >= 0.3 is 0 Å². The molecule has 3 aromatic rings. The van der Waals surface area contributed by atoms with E-state index in [1.165, 1.54) is 44.4 Å². The molecule has 0 aliphatic heterocycles. The molecule has 0 spiro atoms. The number of benzene rings is 3. The standard InChI is InChI=1S/C25H21N3O6/c1-16(29)18-5-9-20(10-6-18)26-25(31)23(15-17-3-11-21(12-4-17)28(32)33)27-24(30)19-7-13-22(34-2)14-8-19/h3-15H,1-2H3,(H,26,31)(H,27,30)/b23-15+. The smallest absolute Gasteiger partial charge is 0.272 e. The van der Waals surface area contributed by atoms with Gasteiger partial charge in [-0.15, -0.1) is 0 Å². The van der Waals surface area contributed by atoms with Crippen LogP contribution in [0, 0.1) is 10.1 Å². The number of hydrogen-bond acceptors (Lipinski definition) is 6. The van der Waals surface area contributed by atoms with Gasteiger partial charge in [0.1, 0.15) is 11.4 Å². The van der Waals surface area contributed by atoms with Gasteiger partial charge in [-0.3, -0.25) is 24.5 Å². The summed E-state index contributed by atoms with van der Waals surface area (Å²) >= 11 is 0. The van der Waals surface area contributed by atoms with Crippen LogP contribution in [0.25, 0.3) is 6.08 Å². The quantitative estimate of drug-likeness (QED) is 0.225. The molecule has 9 nitrogen and oxygen atoms in total. The van der Waals surface area contributed by atoms with Gasteiger partial charge in [-0.05, 0) is 79.2 Å². The van der Waals surface area contributed by atoms with Crippen LogP contribution in [0.1, 0.15) is 33.2 Å². The van der Waals surface area contributed by atoms with Crippen molar-refractivity contribution in [1.82, 2.24) is 5.32 Å².